The lowest BCUT2D eigenvalue weighted by atomic mass is 9.89. The Morgan fingerprint density at radius 2 is 2.04 bits per heavy atom. The van der Waals surface area contributed by atoms with Crippen LogP contribution >= 0.6 is 11.3 Å². The molecule has 1 aliphatic heterocycles. The third-order valence-electron chi connectivity index (χ3n) is 4.69. The van der Waals surface area contributed by atoms with Crippen LogP contribution in [0.2, 0.25) is 0 Å². The van der Waals surface area contributed by atoms with Crippen molar-refractivity contribution in [1.29, 1.82) is 0 Å². The summed E-state index contributed by atoms with van der Waals surface area (Å²) < 4.78 is 27.9. The van der Waals surface area contributed by atoms with Gasteiger partial charge in [-0.25, -0.2) is 4.98 Å². The number of carbonyl (C=O) groups is 1. The van der Waals surface area contributed by atoms with Crippen molar-refractivity contribution in [3.05, 3.63) is 28.8 Å². The number of amides is 1. The predicted molar refractivity (Wildman–Crippen MR) is 104 cm³/mol. The summed E-state index contributed by atoms with van der Waals surface area (Å²) in [4.78, 5) is 20.2. The second kappa shape index (κ2) is 7.22. The van der Waals surface area contributed by atoms with Gasteiger partial charge in [0.15, 0.2) is 0 Å². The van der Waals surface area contributed by atoms with Crippen LogP contribution in [-0.2, 0) is 10.2 Å². The molecular weight excluding hydrogens is 372 g/mol. The Kier molecular flexibility index (Phi) is 5.34. The standard InChI is InChI=1S/C17H24N4O3S2/c1-19(2)17(22)15-14(13-8-5-9-18-16(13)25-15)12-7-6-10-21(11-12)26(23,24)20(3)4/h5,8-9,12H,6-7,10-11H2,1-4H3/t12-/m0/s1. The molecule has 1 saturated heterocycles. The van der Waals surface area contributed by atoms with E-state index in [2.05, 4.69) is 4.98 Å². The molecule has 3 heterocycles. The molecule has 3 rings (SSSR count). The van der Waals surface area contributed by atoms with Gasteiger partial charge in [0.2, 0.25) is 0 Å². The van der Waals surface area contributed by atoms with Crippen LogP contribution in [0.15, 0.2) is 18.3 Å². The molecule has 2 aromatic heterocycles. The Balaban J connectivity index is 2.06. The summed E-state index contributed by atoms with van der Waals surface area (Å²) in [5, 5.41) is 0.955. The lowest BCUT2D eigenvalue weighted by Gasteiger charge is -2.34. The van der Waals surface area contributed by atoms with Crippen LogP contribution in [0.3, 0.4) is 0 Å². The molecule has 1 amide bonds. The number of aromatic nitrogens is 1. The molecule has 0 unspecified atom stereocenters. The molecule has 0 radical (unpaired) electrons. The molecule has 0 saturated carbocycles. The van der Waals surface area contributed by atoms with E-state index in [9.17, 15) is 13.2 Å². The number of nitrogens with zero attached hydrogens (tertiary/aromatic N) is 4. The Hall–Kier alpha value is -1.55. The number of hydrogen-bond donors (Lipinski definition) is 0. The highest BCUT2D eigenvalue weighted by molar-refractivity contribution is 7.86. The number of fused-ring (bicyclic) bond motifs is 1. The SMILES string of the molecule is CN(C)C(=O)c1sc2ncccc2c1[C@H]1CCCN(S(=O)(=O)N(C)C)C1. The number of carbonyl (C=O) groups excluding carboxylic acids is 1. The monoisotopic (exact) mass is 396 g/mol. The van der Waals surface area contributed by atoms with Crippen molar-refractivity contribution in [2.75, 3.05) is 41.3 Å². The molecule has 26 heavy (non-hydrogen) atoms. The van der Waals surface area contributed by atoms with Crippen LogP contribution < -0.4 is 0 Å². The zero-order valence-corrected chi connectivity index (χ0v) is 17.1. The van der Waals surface area contributed by atoms with Crippen LogP contribution in [0.1, 0.15) is 34.0 Å². The Labute approximate surface area is 158 Å². The number of piperidine rings is 1. The van der Waals surface area contributed by atoms with Crippen molar-refractivity contribution in [2.24, 2.45) is 0 Å². The molecule has 0 aliphatic carbocycles. The predicted octanol–water partition coefficient (Wildman–Crippen LogP) is 1.98. The average Bonchev–Trinajstić information content (AvgIpc) is 3.00. The fourth-order valence-corrected chi connectivity index (χ4v) is 5.78. The van der Waals surface area contributed by atoms with Crippen molar-refractivity contribution >= 4 is 37.7 Å². The first-order valence-corrected chi connectivity index (χ1v) is 10.7. The van der Waals surface area contributed by atoms with Gasteiger partial charge in [-0.2, -0.15) is 17.0 Å². The Morgan fingerprint density at radius 3 is 2.69 bits per heavy atom. The molecule has 2 aromatic rings. The van der Waals surface area contributed by atoms with Crippen molar-refractivity contribution in [3.63, 3.8) is 0 Å². The van der Waals surface area contributed by atoms with Gasteiger partial charge in [-0.15, -0.1) is 11.3 Å². The van der Waals surface area contributed by atoms with Crippen molar-refractivity contribution in [3.8, 4) is 0 Å². The molecule has 7 nitrogen and oxygen atoms in total. The van der Waals surface area contributed by atoms with Gasteiger partial charge in [-0.1, -0.05) is 6.07 Å². The Bertz CT molecular complexity index is 921. The normalized spacial score (nSPS) is 19.2. The summed E-state index contributed by atoms with van der Waals surface area (Å²) >= 11 is 1.39. The van der Waals surface area contributed by atoms with Gasteiger partial charge in [0.25, 0.3) is 16.1 Å². The van der Waals surface area contributed by atoms with Gasteiger partial charge in [-0.05, 0) is 24.5 Å². The molecule has 9 heteroatoms. The highest BCUT2D eigenvalue weighted by Crippen LogP contribution is 2.40. The van der Waals surface area contributed by atoms with Gasteiger partial charge >= 0.3 is 0 Å². The fraction of sp³-hybridized carbons (Fsp3) is 0.529. The van der Waals surface area contributed by atoms with E-state index < -0.39 is 10.2 Å². The lowest BCUT2D eigenvalue weighted by Crippen LogP contribution is -2.45. The summed E-state index contributed by atoms with van der Waals surface area (Å²) in [5.41, 5.74) is 0.940. The fourth-order valence-electron chi connectivity index (χ4n) is 3.34. The highest BCUT2D eigenvalue weighted by atomic mass is 32.2. The topological polar surface area (TPSA) is 73.8 Å². The van der Waals surface area contributed by atoms with E-state index in [0.29, 0.717) is 18.0 Å². The average molecular weight is 397 g/mol. The van der Waals surface area contributed by atoms with Gasteiger partial charge in [0.05, 0.1) is 4.88 Å². The van der Waals surface area contributed by atoms with Crippen LogP contribution in [0.4, 0.5) is 0 Å². The van der Waals surface area contributed by atoms with E-state index in [1.807, 2.05) is 12.1 Å². The first kappa shape index (κ1) is 19.2. The van der Waals surface area contributed by atoms with E-state index in [1.54, 1.807) is 39.3 Å². The number of hydrogen-bond acceptors (Lipinski definition) is 5. The van der Waals surface area contributed by atoms with Gasteiger partial charge in [0.1, 0.15) is 4.83 Å². The zero-order valence-electron chi connectivity index (χ0n) is 15.5. The second-order valence-electron chi connectivity index (χ2n) is 6.89. The maximum atomic E-state index is 12.7. The molecule has 0 aromatic carbocycles. The van der Waals surface area contributed by atoms with Crippen molar-refractivity contribution < 1.29 is 13.2 Å². The molecule has 0 N–H and O–H groups in total. The largest absolute Gasteiger partial charge is 0.344 e. The summed E-state index contributed by atoms with van der Waals surface area (Å²) in [6, 6.07) is 3.83. The smallest absolute Gasteiger partial charge is 0.281 e. The lowest BCUT2D eigenvalue weighted by molar-refractivity contribution is 0.0830. The molecule has 0 bridgehead atoms. The van der Waals surface area contributed by atoms with E-state index in [4.69, 9.17) is 0 Å². The highest BCUT2D eigenvalue weighted by Gasteiger charge is 2.34. The summed E-state index contributed by atoms with van der Waals surface area (Å²) in [7, 11) is 3.08. The number of pyridine rings is 1. The molecule has 142 valence electrons. The summed E-state index contributed by atoms with van der Waals surface area (Å²) in [5.74, 6) is -0.0779. The van der Waals surface area contributed by atoms with Crippen LogP contribution in [0, 0.1) is 0 Å². The minimum atomic E-state index is -3.47. The zero-order chi connectivity index (χ0) is 19.1. The van der Waals surface area contributed by atoms with Gasteiger partial charge in [0, 0.05) is 58.8 Å². The van der Waals surface area contributed by atoms with Crippen molar-refractivity contribution in [1.82, 2.24) is 18.5 Å². The van der Waals surface area contributed by atoms with E-state index in [1.165, 1.54) is 19.9 Å². The van der Waals surface area contributed by atoms with Crippen LogP contribution in [-0.4, -0.2) is 74.1 Å². The second-order valence-corrected chi connectivity index (χ2v) is 10.0. The van der Waals surface area contributed by atoms with E-state index in [-0.39, 0.29) is 11.8 Å². The molecule has 0 spiro atoms. The minimum absolute atomic E-state index is 0.0182. The quantitative estimate of drug-likeness (QED) is 0.792. The first-order chi connectivity index (χ1) is 12.2. The van der Waals surface area contributed by atoms with Crippen LogP contribution in [0.5, 0.6) is 0 Å². The van der Waals surface area contributed by atoms with Crippen LogP contribution in [0.25, 0.3) is 10.2 Å². The van der Waals surface area contributed by atoms with Gasteiger partial charge < -0.3 is 4.90 Å². The van der Waals surface area contributed by atoms with E-state index in [0.717, 1.165) is 28.6 Å². The molecule has 1 aliphatic rings. The Morgan fingerprint density at radius 1 is 1.31 bits per heavy atom. The maximum Gasteiger partial charge on any atom is 0.281 e. The molecular formula is C17H24N4O3S2. The molecule has 1 atom stereocenters. The summed E-state index contributed by atoms with van der Waals surface area (Å²) in [6.07, 6.45) is 3.34. The maximum absolute atomic E-state index is 12.7. The number of rotatable bonds is 4. The summed E-state index contributed by atoms with van der Waals surface area (Å²) in [6.45, 7) is 0.892. The van der Waals surface area contributed by atoms with Crippen molar-refractivity contribution in [2.45, 2.75) is 18.8 Å². The van der Waals surface area contributed by atoms with E-state index >= 15 is 0 Å². The third-order valence-corrected chi connectivity index (χ3v) is 7.71. The first-order valence-electron chi connectivity index (χ1n) is 8.50. The number of thiophene rings is 1. The minimum Gasteiger partial charge on any atom is -0.344 e. The third kappa shape index (κ3) is 3.36. The molecule has 1 fully saturated rings. The van der Waals surface area contributed by atoms with Gasteiger partial charge in [-0.3, -0.25) is 4.79 Å².